The summed E-state index contributed by atoms with van der Waals surface area (Å²) in [6.07, 6.45) is 4.93. The number of carbonyl (C=O) groups excluding carboxylic acids is 1. The van der Waals surface area contributed by atoms with Crippen molar-refractivity contribution in [2.75, 3.05) is 11.9 Å². The summed E-state index contributed by atoms with van der Waals surface area (Å²) in [5.41, 5.74) is 2.02. The molecule has 1 unspecified atom stereocenters. The fraction of sp³-hybridized carbons (Fsp3) is 0.267. The molecular weight excluding hydrogens is 268 g/mol. The number of amides is 1. The summed E-state index contributed by atoms with van der Waals surface area (Å²) in [7, 11) is 0. The highest BCUT2D eigenvalue weighted by molar-refractivity contribution is 5.94. The second-order valence-corrected chi connectivity index (χ2v) is 4.97. The van der Waals surface area contributed by atoms with E-state index >= 15 is 0 Å². The maximum Gasteiger partial charge on any atom is 0.253 e. The van der Waals surface area contributed by atoms with Crippen molar-refractivity contribution >= 4 is 11.6 Å². The lowest BCUT2D eigenvalue weighted by Gasteiger charge is -2.17. The number of nitrogens with one attached hydrogen (secondary N) is 3. The van der Waals surface area contributed by atoms with Gasteiger partial charge in [-0.1, -0.05) is 0 Å². The normalized spacial score (nSPS) is 17.2. The molecular formula is C15H16N4O2. The van der Waals surface area contributed by atoms with E-state index in [1.165, 1.54) is 18.3 Å². The number of carbonyl (C=O) groups is 1. The van der Waals surface area contributed by atoms with Gasteiger partial charge < -0.3 is 15.6 Å². The highest BCUT2D eigenvalue weighted by Crippen LogP contribution is 2.27. The number of rotatable bonds is 2. The van der Waals surface area contributed by atoms with Crippen LogP contribution in [0.4, 0.5) is 5.69 Å². The van der Waals surface area contributed by atoms with Crippen LogP contribution in [-0.2, 0) is 0 Å². The van der Waals surface area contributed by atoms with E-state index in [4.69, 9.17) is 0 Å². The molecule has 1 amide bonds. The SMILES string of the molecule is O=C(NC1CCCNc2cccnc21)c1ccc(=O)[nH]c1. The maximum atomic E-state index is 12.3. The van der Waals surface area contributed by atoms with Gasteiger partial charge in [-0.25, -0.2) is 0 Å². The van der Waals surface area contributed by atoms with Crippen molar-refractivity contribution in [2.24, 2.45) is 0 Å². The van der Waals surface area contributed by atoms with Crippen LogP contribution >= 0.6 is 0 Å². The highest BCUT2D eigenvalue weighted by Gasteiger charge is 2.21. The molecule has 0 radical (unpaired) electrons. The van der Waals surface area contributed by atoms with Crippen LogP contribution in [0.15, 0.2) is 41.5 Å². The minimum Gasteiger partial charge on any atom is -0.384 e. The second kappa shape index (κ2) is 5.78. The molecule has 1 aliphatic rings. The Morgan fingerprint density at radius 2 is 2.24 bits per heavy atom. The van der Waals surface area contributed by atoms with Crippen LogP contribution < -0.4 is 16.2 Å². The number of nitrogens with zero attached hydrogens (tertiary/aromatic N) is 1. The van der Waals surface area contributed by atoms with Gasteiger partial charge in [-0.2, -0.15) is 0 Å². The number of anilines is 1. The molecule has 1 aliphatic heterocycles. The quantitative estimate of drug-likeness (QED) is 0.779. The van der Waals surface area contributed by atoms with Crippen LogP contribution in [0.3, 0.4) is 0 Å². The second-order valence-electron chi connectivity index (χ2n) is 4.97. The van der Waals surface area contributed by atoms with Gasteiger partial charge in [0.05, 0.1) is 23.0 Å². The number of H-pyrrole nitrogens is 1. The van der Waals surface area contributed by atoms with E-state index in [1.54, 1.807) is 6.20 Å². The third-order valence-corrected chi connectivity index (χ3v) is 3.51. The average molecular weight is 284 g/mol. The van der Waals surface area contributed by atoms with Gasteiger partial charge in [-0.05, 0) is 31.0 Å². The molecule has 108 valence electrons. The zero-order valence-electron chi connectivity index (χ0n) is 11.4. The van der Waals surface area contributed by atoms with Crippen molar-refractivity contribution in [3.05, 3.63) is 58.3 Å². The summed E-state index contributed by atoms with van der Waals surface area (Å²) in [5, 5.41) is 6.30. The number of aromatic amines is 1. The molecule has 2 aromatic heterocycles. The van der Waals surface area contributed by atoms with E-state index in [9.17, 15) is 9.59 Å². The van der Waals surface area contributed by atoms with Gasteiger partial charge in [0.1, 0.15) is 0 Å². The summed E-state index contributed by atoms with van der Waals surface area (Å²) in [6.45, 7) is 0.865. The number of fused-ring (bicyclic) bond motifs is 1. The first kappa shape index (κ1) is 13.4. The molecule has 0 aliphatic carbocycles. The molecule has 21 heavy (non-hydrogen) atoms. The average Bonchev–Trinajstić information content (AvgIpc) is 2.71. The number of pyridine rings is 2. The largest absolute Gasteiger partial charge is 0.384 e. The van der Waals surface area contributed by atoms with E-state index in [0.29, 0.717) is 5.56 Å². The first-order valence-corrected chi connectivity index (χ1v) is 6.92. The monoisotopic (exact) mass is 284 g/mol. The molecule has 6 heteroatoms. The van der Waals surface area contributed by atoms with Gasteiger partial charge in [0.15, 0.2) is 0 Å². The Hall–Kier alpha value is -2.63. The minimum atomic E-state index is -0.225. The van der Waals surface area contributed by atoms with Gasteiger partial charge in [0.2, 0.25) is 5.56 Å². The molecule has 0 aromatic carbocycles. The Balaban J connectivity index is 1.82. The van der Waals surface area contributed by atoms with Gasteiger partial charge in [0.25, 0.3) is 5.91 Å². The Morgan fingerprint density at radius 1 is 1.33 bits per heavy atom. The van der Waals surface area contributed by atoms with E-state index < -0.39 is 0 Å². The third kappa shape index (κ3) is 2.94. The molecule has 0 fully saturated rings. The fourth-order valence-corrected chi connectivity index (χ4v) is 2.44. The zero-order chi connectivity index (χ0) is 14.7. The smallest absolute Gasteiger partial charge is 0.253 e. The first-order valence-electron chi connectivity index (χ1n) is 6.92. The molecule has 3 rings (SSSR count). The van der Waals surface area contributed by atoms with Crippen molar-refractivity contribution < 1.29 is 4.79 Å². The predicted octanol–water partition coefficient (Wildman–Crippen LogP) is 1.45. The molecule has 0 saturated heterocycles. The molecule has 0 bridgehead atoms. The van der Waals surface area contributed by atoms with Crippen molar-refractivity contribution in [1.82, 2.24) is 15.3 Å². The third-order valence-electron chi connectivity index (χ3n) is 3.51. The summed E-state index contributed by atoms with van der Waals surface area (Å²) < 4.78 is 0. The van der Waals surface area contributed by atoms with E-state index in [1.807, 2.05) is 12.1 Å². The summed E-state index contributed by atoms with van der Waals surface area (Å²) >= 11 is 0. The molecule has 0 saturated carbocycles. The van der Waals surface area contributed by atoms with Crippen molar-refractivity contribution in [1.29, 1.82) is 0 Å². The van der Waals surface area contributed by atoms with Crippen molar-refractivity contribution in [3.63, 3.8) is 0 Å². The predicted molar refractivity (Wildman–Crippen MR) is 79.2 cm³/mol. The van der Waals surface area contributed by atoms with Gasteiger partial charge in [0, 0.05) is 25.0 Å². The van der Waals surface area contributed by atoms with Crippen molar-refractivity contribution in [3.8, 4) is 0 Å². The molecule has 2 aromatic rings. The van der Waals surface area contributed by atoms with Gasteiger partial charge in [-0.15, -0.1) is 0 Å². The molecule has 3 heterocycles. The zero-order valence-corrected chi connectivity index (χ0v) is 11.4. The maximum absolute atomic E-state index is 12.3. The lowest BCUT2D eigenvalue weighted by Crippen LogP contribution is -2.29. The lowest BCUT2D eigenvalue weighted by atomic mass is 10.1. The highest BCUT2D eigenvalue weighted by atomic mass is 16.2. The van der Waals surface area contributed by atoms with Gasteiger partial charge >= 0.3 is 0 Å². The fourth-order valence-electron chi connectivity index (χ4n) is 2.44. The van der Waals surface area contributed by atoms with E-state index in [2.05, 4.69) is 20.6 Å². The minimum absolute atomic E-state index is 0.129. The number of aromatic nitrogens is 2. The molecule has 3 N–H and O–H groups in total. The summed E-state index contributed by atoms with van der Waals surface area (Å²) in [6, 6.07) is 6.57. The van der Waals surface area contributed by atoms with Crippen LogP contribution in [-0.4, -0.2) is 22.4 Å². The van der Waals surface area contributed by atoms with Crippen LogP contribution in [0.1, 0.15) is 34.9 Å². The van der Waals surface area contributed by atoms with Gasteiger partial charge in [-0.3, -0.25) is 14.6 Å². The molecule has 6 nitrogen and oxygen atoms in total. The summed E-state index contributed by atoms with van der Waals surface area (Å²) in [4.78, 5) is 30.2. The van der Waals surface area contributed by atoms with Crippen LogP contribution in [0.5, 0.6) is 0 Å². The Bertz CT molecular complexity index is 690. The van der Waals surface area contributed by atoms with Crippen molar-refractivity contribution in [2.45, 2.75) is 18.9 Å². The number of hydrogen-bond acceptors (Lipinski definition) is 4. The van der Waals surface area contributed by atoms with E-state index in [-0.39, 0.29) is 17.5 Å². The van der Waals surface area contributed by atoms with Crippen LogP contribution in [0.25, 0.3) is 0 Å². The Morgan fingerprint density at radius 3 is 3.05 bits per heavy atom. The first-order chi connectivity index (χ1) is 10.2. The summed E-state index contributed by atoms with van der Waals surface area (Å²) in [5.74, 6) is -0.213. The van der Waals surface area contributed by atoms with Crippen LogP contribution in [0, 0.1) is 0 Å². The number of hydrogen-bond donors (Lipinski definition) is 3. The molecule has 1 atom stereocenters. The standard InChI is InChI=1S/C15H16N4O2/c20-13-6-5-10(9-18-13)15(21)19-12-4-2-7-16-11-3-1-8-17-14(11)12/h1,3,5-6,8-9,12,16H,2,4,7H2,(H,18,20)(H,19,21). The Kier molecular flexibility index (Phi) is 3.68. The van der Waals surface area contributed by atoms with Crippen LogP contribution in [0.2, 0.25) is 0 Å². The Labute approximate surface area is 121 Å². The molecule has 0 spiro atoms. The van der Waals surface area contributed by atoms with E-state index in [0.717, 1.165) is 30.8 Å². The lowest BCUT2D eigenvalue weighted by molar-refractivity contribution is 0.0933. The topological polar surface area (TPSA) is 86.9 Å².